The summed E-state index contributed by atoms with van der Waals surface area (Å²) in [5, 5.41) is 11.6. The Bertz CT molecular complexity index is 1430. The number of ether oxygens (including phenoxy) is 2. The molecule has 4 aromatic rings. The van der Waals surface area contributed by atoms with Gasteiger partial charge in [0.1, 0.15) is 23.9 Å². The van der Waals surface area contributed by atoms with Crippen LogP contribution in [0.4, 0.5) is 8.78 Å². The van der Waals surface area contributed by atoms with Crippen LogP contribution in [-0.4, -0.2) is 36.2 Å². The second kappa shape index (κ2) is 10.0. The van der Waals surface area contributed by atoms with Crippen LogP contribution >= 0.6 is 0 Å². The minimum Gasteiger partial charge on any atom is -0.508 e. The smallest absolute Gasteiger partial charge is 0.167 e. The number of fused-ring (bicyclic) bond motifs is 5. The van der Waals surface area contributed by atoms with Crippen LogP contribution < -0.4 is 9.47 Å². The lowest BCUT2D eigenvalue weighted by Gasteiger charge is -2.31. The van der Waals surface area contributed by atoms with Crippen LogP contribution in [0.1, 0.15) is 42.9 Å². The van der Waals surface area contributed by atoms with Gasteiger partial charge < -0.3 is 14.6 Å². The van der Waals surface area contributed by atoms with Gasteiger partial charge in [0.05, 0.1) is 5.56 Å². The summed E-state index contributed by atoms with van der Waals surface area (Å²) in [4.78, 5) is 2.46. The summed E-state index contributed by atoms with van der Waals surface area (Å²) in [5.41, 5.74) is 2.24. The molecule has 1 fully saturated rings. The molecule has 4 nitrogen and oxygen atoms in total. The Morgan fingerprint density at radius 1 is 0.865 bits per heavy atom. The van der Waals surface area contributed by atoms with Crippen molar-refractivity contribution < 1.29 is 23.4 Å². The molecule has 2 aliphatic rings. The number of hydrogen-bond acceptors (Lipinski definition) is 4. The van der Waals surface area contributed by atoms with Gasteiger partial charge in [-0.15, -0.1) is 0 Å². The first-order valence-electron chi connectivity index (χ1n) is 12.9. The average molecular weight is 502 g/mol. The van der Waals surface area contributed by atoms with Crippen molar-refractivity contribution in [2.75, 3.05) is 26.2 Å². The van der Waals surface area contributed by atoms with Crippen molar-refractivity contribution in [1.29, 1.82) is 0 Å². The number of nitrogens with zero attached hydrogens (tertiary/aromatic N) is 1. The molecule has 1 unspecified atom stereocenters. The third kappa shape index (κ3) is 4.62. The van der Waals surface area contributed by atoms with Crippen LogP contribution in [0.5, 0.6) is 17.2 Å². The molecule has 4 aromatic carbocycles. The molecule has 0 saturated carbocycles. The third-order valence-electron chi connectivity index (χ3n) is 7.43. The normalized spacial score (nSPS) is 17.5. The van der Waals surface area contributed by atoms with Gasteiger partial charge in [-0.1, -0.05) is 43.2 Å². The zero-order chi connectivity index (χ0) is 25.4. The molecule has 2 heterocycles. The molecular weight excluding hydrogens is 472 g/mol. The van der Waals surface area contributed by atoms with E-state index in [1.165, 1.54) is 25.7 Å². The lowest BCUT2D eigenvalue weighted by atomic mass is 9.85. The number of benzene rings is 4. The number of aromatic hydroxyl groups is 1. The van der Waals surface area contributed by atoms with Gasteiger partial charge in [0.2, 0.25) is 0 Å². The molecular formula is C31H29F2NO3. The zero-order valence-electron chi connectivity index (χ0n) is 20.6. The number of halogens is 2. The largest absolute Gasteiger partial charge is 0.508 e. The molecule has 37 heavy (non-hydrogen) atoms. The maximum absolute atomic E-state index is 14.9. The third-order valence-corrected chi connectivity index (χ3v) is 7.43. The van der Waals surface area contributed by atoms with Gasteiger partial charge in [0.15, 0.2) is 17.7 Å². The summed E-state index contributed by atoms with van der Waals surface area (Å²) >= 11 is 0. The summed E-state index contributed by atoms with van der Waals surface area (Å²) < 4.78 is 42.0. The molecule has 1 N–H and O–H groups in total. The summed E-state index contributed by atoms with van der Waals surface area (Å²) in [6, 6.07) is 18.5. The Hall–Kier alpha value is -3.64. The minimum atomic E-state index is -0.654. The molecule has 6 heteroatoms. The Labute approximate surface area is 215 Å². The van der Waals surface area contributed by atoms with Crippen LogP contribution in [0.25, 0.3) is 21.9 Å². The standard InChI is InChI=1S/C31H29F2NO3/c32-26-13-14-27(33)31-29(26)25-11-7-21-19-22(35)8-12-24(21)28(25)30(37-31)20-5-9-23(10-6-20)36-18-17-34-15-3-1-2-4-16-34/h5-14,19,30,35H,1-4,15-18H2. The lowest BCUT2D eigenvalue weighted by Crippen LogP contribution is -2.29. The Morgan fingerprint density at radius 3 is 2.41 bits per heavy atom. The molecule has 0 radical (unpaired) electrons. The van der Waals surface area contributed by atoms with Gasteiger partial charge >= 0.3 is 0 Å². The maximum Gasteiger partial charge on any atom is 0.167 e. The number of likely N-dealkylation sites (tertiary alicyclic amines) is 1. The fourth-order valence-corrected chi connectivity index (χ4v) is 5.54. The van der Waals surface area contributed by atoms with E-state index in [0.29, 0.717) is 12.2 Å². The predicted molar refractivity (Wildman–Crippen MR) is 140 cm³/mol. The van der Waals surface area contributed by atoms with Crippen LogP contribution in [0.3, 0.4) is 0 Å². The van der Waals surface area contributed by atoms with Gasteiger partial charge in [-0.3, -0.25) is 4.90 Å². The first-order valence-corrected chi connectivity index (χ1v) is 12.9. The number of hydrogen-bond donors (Lipinski definition) is 1. The van der Waals surface area contributed by atoms with Gasteiger partial charge in [-0.2, -0.15) is 0 Å². The van der Waals surface area contributed by atoms with Crippen LogP contribution in [-0.2, 0) is 0 Å². The topological polar surface area (TPSA) is 41.9 Å². The van der Waals surface area contributed by atoms with Crippen molar-refractivity contribution in [2.24, 2.45) is 0 Å². The van der Waals surface area contributed by atoms with E-state index in [1.54, 1.807) is 24.3 Å². The monoisotopic (exact) mass is 501 g/mol. The average Bonchev–Trinajstić information content (AvgIpc) is 3.19. The Kier molecular flexibility index (Phi) is 6.43. The highest BCUT2D eigenvalue weighted by atomic mass is 19.1. The Balaban J connectivity index is 1.32. The molecule has 0 spiro atoms. The molecule has 2 aliphatic heterocycles. The summed E-state index contributed by atoms with van der Waals surface area (Å²) in [7, 11) is 0. The Morgan fingerprint density at radius 2 is 1.62 bits per heavy atom. The quantitative estimate of drug-likeness (QED) is 0.313. The number of phenols is 1. The van der Waals surface area contributed by atoms with Crippen molar-refractivity contribution >= 4 is 10.8 Å². The van der Waals surface area contributed by atoms with E-state index in [9.17, 15) is 13.9 Å². The van der Waals surface area contributed by atoms with Gasteiger partial charge in [-0.05, 0) is 84.2 Å². The van der Waals surface area contributed by atoms with Crippen LogP contribution in [0.15, 0.2) is 66.7 Å². The molecule has 190 valence electrons. The fraction of sp³-hybridized carbons (Fsp3) is 0.290. The van der Waals surface area contributed by atoms with E-state index in [2.05, 4.69) is 4.90 Å². The lowest BCUT2D eigenvalue weighted by molar-refractivity contribution is 0.213. The highest BCUT2D eigenvalue weighted by molar-refractivity contribution is 5.95. The van der Waals surface area contributed by atoms with E-state index in [4.69, 9.17) is 9.47 Å². The zero-order valence-corrected chi connectivity index (χ0v) is 20.6. The molecule has 1 atom stereocenters. The second-order valence-corrected chi connectivity index (χ2v) is 9.84. The van der Waals surface area contributed by atoms with Gasteiger partial charge in [0, 0.05) is 12.1 Å². The van der Waals surface area contributed by atoms with Crippen LogP contribution in [0, 0.1) is 11.6 Å². The van der Waals surface area contributed by atoms with E-state index in [-0.39, 0.29) is 17.1 Å². The second-order valence-electron chi connectivity index (χ2n) is 9.84. The molecule has 0 amide bonds. The van der Waals surface area contributed by atoms with Gasteiger partial charge in [0.25, 0.3) is 0 Å². The molecule has 6 rings (SSSR count). The van der Waals surface area contributed by atoms with Crippen molar-refractivity contribution in [3.05, 3.63) is 89.5 Å². The summed E-state index contributed by atoms with van der Waals surface area (Å²) in [5.74, 6) is -0.336. The summed E-state index contributed by atoms with van der Waals surface area (Å²) in [6.07, 6.45) is 4.46. The first kappa shape index (κ1) is 23.7. The highest BCUT2D eigenvalue weighted by Crippen LogP contribution is 2.49. The highest BCUT2D eigenvalue weighted by Gasteiger charge is 2.33. The van der Waals surface area contributed by atoms with Crippen molar-refractivity contribution in [1.82, 2.24) is 4.90 Å². The maximum atomic E-state index is 14.9. The predicted octanol–water partition coefficient (Wildman–Crippen LogP) is 7.23. The SMILES string of the molecule is Oc1ccc2c3c(ccc2c1)-c1c(F)ccc(F)c1OC3c1ccc(OCCN2CCCCCC2)cc1. The minimum absolute atomic E-state index is 0.0894. The summed E-state index contributed by atoms with van der Waals surface area (Å²) in [6.45, 7) is 3.78. The van der Waals surface area contributed by atoms with E-state index in [0.717, 1.165) is 59.4 Å². The van der Waals surface area contributed by atoms with E-state index < -0.39 is 17.7 Å². The molecule has 0 aliphatic carbocycles. The van der Waals surface area contributed by atoms with E-state index >= 15 is 0 Å². The molecule has 0 bridgehead atoms. The fourth-order valence-electron chi connectivity index (χ4n) is 5.54. The van der Waals surface area contributed by atoms with Crippen LogP contribution in [0.2, 0.25) is 0 Å². The van der Waals surface area contributed by atoms with Crippen molar-refractivity contribution in [2.45, 2.75) is 31.8 Å². The van der Waals surface area contributed by atoms with Crippen molar-refractivity contribution in [3.63, 3.8) is 0 Å². The number of rotatable bonds is 5. The van der Waals surface area contributed by atoms with Crippen molar-refractivity contribution in [3.8, 4) is 28.4 Å². The van der Waals surface area contributed by atoms with Gasteiger partial charge in [-0.25, -0.2) is 8.78 Å². The number of phenolic OH excluding ortho intramolecular Hbond substituents is 1. The molecule has 1 saturated heterocycles. The van der Waals surface area contributed by atoms with E-state index in [1.807, 2.05) is 30.3 Å². The molecule has 0 aromatic heterocycles. The first-order chi connectivity index (χ1) is 18.1.